The molecule has 0 spiro atoms. The van der Waals surface area contributed by atoms with Gasteiger partial charge in [-0.25, -0.2) is 9.18 Å². The van der Waals surface area contributed by atoms with E-state index in [-0.39, 0.29) is 16.7 Å². The monoisotopic (exact) mass is 279 g/mol. The smallest absolute Gasteiger partial charge is 0.341 e. The standard InChI is InChI=1S/C14H14FNO4/c1-3-16-7-9(14(18)19)13(17)8-5-10(15)12(20-4-2)6-11(8)16/h5-7H,3-4H2,1-2H3,(H,18,19). The van der Waals surface area contributed by atoms with Crippen LogP contribution in [0, 0.1) is 5.82 Å². The van der Waals surface area contributed by atoms with Gasteiger partial charge in [-0.15, -0.1) is 0 Å². The molecular weight excluding hydrogens is 265 g/mol. The summed E-state index contributed by atoms with van der Waals surface area (Å²) in [4.78, 5) is 23.1. The fourth-order valence-electron chi connectivity index (χ4n) is 2.07. The zero-order valence-corrected chi connectivity index (χ0v) is 11.1. The van der Waals surface area contributed by atoms with Crippen molar-refractivity contribution < 1.29 is 19.0 Å². The zero-order valence-electron chi connectivity index (χ0n) is 11.1. The van der Waals surface area contributed by atoms with Gasteiger partial charge in [0.2, 0.25) is 5.43 Å². The minimum atomic E-state index is -1.33. The van der Waals surface area contributed by atoms with Crippen LogP contribution >= 0.6 is 0 Å². The van der Waals surface area contributed by atoms with Crippen LogP contribution in [0.5, 0.6) is 5.75 Å². The van der Waals surface area contributed by atoms with Crippen molar-refractivity contribution >= 4 is 16.9 Å². The summed E-state index contributed by atoms with van der Waals surface area (Å²) >= 11 is 0. The minimum Gasteiger partial charge on any atom is -0.491 e. The third-order valence-corrected chi connectivity index (χ3v) is 3.00. The number of aryl methyl sites for hydroxylation is 1. The molecule has 0 aliphatic rings. The Bertz CT molecular complexity index is 736. The van der Waals surface area contributed by atoms with Gasteiger partial charge < -0.3 is 14.4 Å². The first kappa shape index (κ1) is 14.0. The van der Waals surface area contributed by atoms with Crippen LogP contribution in [0.25, 0.3) is 10.9 Å². The minimum absolute atomic E-state index is 0.0349. The van der Waals surface area contributed by atoms with Crippen LogP contribution < -0.4 is 10.2 Å². The summed E-state index contributed by atoms with van der Waals surface area (Å²) in [5.41, 5.74) is -0.616. The molecule has 106 valence electrons. The third-order valence-electron chi connectivity index (χ3n) is 3.00. The number of aromatic carboxylic acids is 1. The highest BCUT2D eigenvalue weighted by Crippen LogP contribution is 2.23. The Labute approximate surface area is 114 Å². The van der Waals surface area contributed by atoms with Gasteiger partial charge in [0.1, 0.15) is 5.56 Å². The molecule has 2 rings (SSSR count). The van der Waals surface area contributed by atoms with E-state index in [1.807, 2.05) is 0 Å². The molecule has 1 N–H and O–H groups in total. The fraction of sp³-hybridized carbons (Fsp3) is 0.286. The van der Waals surface area contributed by atoms with Crippen molar-refractivity contribution in [1.29, 1.82) is 0 Å². The number of aromatic nitrogens is 1. The molecule has 20 heavy (non-hydrogen) atoms. The van der Waals surface area contributed by atoms with Gasteiger partial charge in [0.15, 0.2) is 11.6 Å². The third kappa shape index (κ3) is 2.24. The molecule has 0 saturated carbocycles. The summed E-state index contributed by atoms with van der Waals surface area (Å²) in [5, 5.41) is 9.06. The molecule has 0 atom stereocenters. The van der Waals surface area contributed by atoms with Gasteiger partial charge in [-0.05, 0) is 19.9 Å². The molecule has 1 aromatic heterocycles. The first-order valence-corrected chi connectivity index (χ1v) is 6.22. The average molecular weight is 279 g/mol. The number of nitrogens with zero attached hydrogens (tertiary/aromatic N) is 1. The summed E-state index contributed by atoms with van der Waals surface area (Å²) < 4.78 is 20.6. The molecule has 0 fully saturated rings. The number of hydrogen-bond donors (Lipinski definition) is 1. The molecule has 0 aliphatic heterocycles. The van der Waals surface area contributed by atoms with Crippen LogP contribution in [0.15, 0.2) is 23.1 Å². The Morgan fingerprint density at radius 2 is 2.10 bits per heavy atom. The van der Waals surface area contributed by atoms with Crippen molar-refractivity contribution in [3.63, 3.8) is 0 Å². The average Bonchev–Trinajstić information content (AvgIpc) is 2.41. The van der Waals surface area contributed by atoms with E-state index in [9.17, 15) is 14.0 Å². The SMILES string of the molecule is CCOc1cc2c(cc1F)c(=O)c(C(=O)O)cn2CC. The largest absolute Gasteiger partial charge is 0.491 e. The molecule has 0 bridgehead atoms. The number of pyridine rings is 1. The number of halogens is 1. The second-order valence-electron chi connectivity index (χ2n) is 4.20. The van der Waals surface area contributed by atoms with E-state index in [1.54, 1.807) is 18.4 Å². The van der Waals surface area contributed by atoms with E-state index in [2.05, 4.69) is 0 Å². The number of carbonyl (C=O) groups is 1. The zero-order chi connectivity index (χ0) is 14.9. The van der Waals surface area contributed by atoms with E-state index < -0.39 is 17.2 Å². The van der Waals surface area contributed by atoms with Crippen LogP contribution in [-0.2, 0) is 6.54 Å². The van der Waals surface area contributed by atoms with E-state index in [1.165, 1.54) is 12.3 Å². The number of carboxylic acids is 1. The first-order valence-electron chi connectivity index (χ1n) is 6.22. The molecule has 0 unspecified atom stereocenters. The highest BCUT2D eigenvalue weighted by atomic mass is 19.1. The summed E-state index contributed by atoms with van der Waals surface area (Å²) in [5.74, 6) is -1.96. The maximum Gasteiger partial charge on any atom is 0.341 e. The molecule has 0 radical (unpaired) electrons. The Morgan fingerprint density at radius 3 is 2.65 bits per heavy atom. The molecule has 1 heterocycles. The van der Waals surface area contributed by atoms with Gasteiger partial charge in [-0.1, -0.05) is 0 Å². The van der Waals surface area contributed by atoms with Crippen LogP contribution in [0.2, 0.25) is 0 Å². The van der Waals surface area contributed by atoms with E-state index in [0.29, 0.717) is 18.7 Å². The van der Waals surface area contributed by atoms with E-state index in [0.717, 1.165) is 6.07 Å². The van der Waals surface area contributed by atoms with Gasteiger partial charge in [0.05, 0.1) is 12.1 Å². The number of hydrogen-bond acceptors (Lipinski definition) is 3. The van der Waals surface area contributed by atoms with Gasteiger partial charge in [0.25, 0.3) is 0 Å². The van der Waals surface area contributed by atoms with Crippen molar-refractivity contribution in [3.05, 3.63) is 39.9 Å². The molecule has 6 heteroatoms. The van der Waals surface area contributed by atoms with Gasteiger partial charge in [0, 0.05) is 24.2 Å². The predicted molar refractivity (Wildman–Crippen MR) is 72.0 cm³/mol. The van der Waals surface area contributed by atoms with Crippen LogP contribution in [0.4, 0.5) is 4.39 Å². The van der Waals surface area contributed by atoms with Crippen LogP contribution in [0.1, 0.15) is 24.2 Å². The maximum absolute atomic E-state index is 13.8. The Morgan fingerprint density at radius 1 is 1.40 bits per heavy atom. The molecule has 0 amide bonds. The molecular formula is C14H14FNO4. The van der Waals surface area contributed by atoms with Gasteiger partial charge in [-0.2, -0.15) is 0 Å². The van der Waals surface area contributed by atoms with Crippen LogP contribution in [-0.4, -0.2) is 22.2 Å². The van der Waals surface area contributed by atoms with Crippen molar-refractivity contribution in [2.75, 3.05) is 6.61 Å². The summed E-state index contributed by atoms with van der Waals surface area (Å²) in [6.07, 6.45) is 1.26. The quantitative estimate of drug-likeness (QED) is 0.932. The predicted octanol–water partition coefficient (Wildman–Crippen LogP) is 2.26. The molecule has 5 nitrogen and oxygen atoms in total. The molecule has 0 aliphatic carbocycles. The highest BCUT2D eigenvalue weighted by molar-refractivity contribution is 5.92. The van der Waals surface area contributed by atoms with Crippen molar-refractivity contribution in [2.45, 2.75) is 20.4 Å². The lowest BCUT2D eigenvalue weighted by atomic mass is 10.1. The number of carboxylic acid groups (broad SMARTS) is 1. The summed E-state index contributed by atoms with van der Waals surface area (Å²) in [7, 11) is 0. The summed E-state index contributed by atoms with van der Waals surface area (Å²) in [6.45, 7) is 4.28. The normalized spacial score (nSPS) is 10.8. The number of rotatable bonds is 4. The van der Waals surface area contributed by atoms with Crippen molar-refractivity contribution in [1.82, 2.24) is 4.57 Å². The Hall–Kier alpha value is -2.37. The number of ether oxygens (including phenoxy) is 1. The lowest BCUT2D eigenvalue weighted by molar-refractivity contribution is 0.0695. The van der Waals surface area contributed by atoms with Crippen molar-refractivity contribution in [3.8, 4) is 5.75 Å². The van der Waals surface area contributed by atoms with Gasteiger partial charge in [-0.3, -0.25) is 4.79 Å². The summed E-state index contributed by atoms with van der Waals surface area (Å²) in [6, 6.07) is 2.45. The maximum atomic E-state index is 13.8. The van der Waals surface area contributed by atoms with Crippen LogP contribution in [0.3, 0.4) is 0 Å². The molecule has 1 aromatic carbocycles. The lowest BCUT2D eigenvalue weighted by Gasteiger charge is -2.12. The second kappa shape index (κ2) is 5.32. The Kier molecular flexibility index (Phi) is 3.74. The number of fused-ring (bicyclic) bond motifs is 1. The highest BCUT2D eigenvalue weighted by Gasteiger charge is 2.16. The van der Waals surface area contributed by atoms with Gasteiger partial charge >= 0.3 is 5.97 Å². The Balaban J connectivity index is 2.86. The number of benzene rings is 1. The second-order valence-corrected chi connectivity index (χ2v) is 4.20. The lowest BCUT2D eigenvalue weighted by Crippen LogP contribution is -2.19. The first-order chi connectivity index (χ1) is 9.49. The topological polar surface area (TPSA) is 68.5 Å². The van der Waals surface area contributed by atoms with E-state index in [4.69, 9.17) is 9.84 Å². The molecule has 0 saturated heterocycles. The van der Waals surface area contributed by atoms with Crippen molar-refractivity contribution in [2.24, 2.45) is 0 Å². The fourth-order valence-corrected chi connectivity index (χ4v) is 2.07. The molecule has 2 aromatic rings. The van der Waals surface area contributed by atoms with E-state index >= 15 is 0 Å².